The number of halogens is 1. The van der Waals surface area contributed by atoms with Gasteiger partial charge >= 0.3 is 0 Å². The monoisotopic (exact) mass is 389 g/mol. The molecular weight excluding hydrogens is 374 g/mol. The van der Waals surface area contributed by atoms with Crippen molar-refractivity contribution in [2.75, 3.05) is 0 Å². The summed E-state index contributed by atoms with van der Waals surface area (Å²) >= 11 is 6.13. The van der Waals surface area contributed by atoms with E-state index in [0.29, 0.717) is 22.9 Å². The zero-order valence-electron chi connectivity index (χ0n) is 14.8. The van der Waals surface area contributed by atoms with Crippen LogP contribution >= 0.6 is 11.6 Å². The van der Waals surface area contributed by atoms with Crippen LogP contribution in [-0.4, -0.2) is 25.9 Å². The Morgan fingerprint density at radius 3 is 2.64 bits per heavy atom. The molecule has 138 valence electrons. The Morgan fingerprint density at radius 1 is 1.04 bits per heavy atom. The molecule has 0 fully saturated rings. The van der Waals surface area contributed by atoms with Crippen LogP contribution in [0.4, 0.5) is 0 Å². The Balaban J connectivity index is 1.72. The van der Waals surface area contributed by atoms with Gasteiger partial charge in [-0.05, 0) is 35.9 Å². The normalized spacial score (nSPS) is 10.6. The standard InChI is InChI=1S/C21H16ClN5O/c22-17-9-4-10-18(12-17)27-20(16-8-5-11-23-14-16)19(25-26-27)21(28)24-13-15-6-2-1-3-7-15/h1-12,14H,13H2,(H,24,28). The summed E-state index contributed by atoms with van der Waals surface area (Å²) in [6.07, 6.45) is 3.35. The maximum Gasteiger partial charge on any atom is 0.274 e. The van der Waals surface area contributed by atoms with E-state index in [1.807, 2.05) is 48.5 Å². The Morgan fingerprint density at radius 2 is 1.89 bits per heavy atom. The van der Waals surface area contributed by atoms with Crippen LogP contribution in [0.3, 0.4) is 0 Å². The van der Waals surface area contributed by atoms with Gasteiger partial charge in [0, 0.05) is 29.5 Å². The van der Waals surface area contributed by atoms with Gasteiger partial charge in [-0.2, -0.15) is 0 Å². The highest BCUT2D eigenvalue weighted by Crippen LogP contribution is 2.25. The number of pyridine rings is 1. The summed E-state index contributed by atoms with van der Waals surface area (Å²) in [5, 5.41) is 11.8. The molecule has 0 aliphatic rings. The van der Waals surface area contributed by atoms with Crippen LogP contribution in [0.15, 0.2) is 79.1 Å². The molecule has 0 spiro atoms. The van der Waals surface area contributed by atoms with Crippen LogP contribution in [0.2, 0.25) is 5.02 Å². The number of hydrogen-bond acceptors (Lipinski definition) is 4. The zero-order chi connectivity index (χ0) is 19.3. The molecular formula is C21H16ClN5O. The number of nitrogens with zero attached hydrogens (tertiary/aromatic N) is 4. The van der Waals surface area contributed by atoms with Crippen molar-refractivity contribution >= 4 is 17.5 Å². The van der Waals surface area contributed by atoms with Crippen molar-refractivity contribution in [2.45, 2.75) is 6.54 Å². The predicted octanol–water partition coefficient (Wildman–Crippen LogP) is 3.91. The van der Waals surface area contributed by atoms with Crippen LogP contribution in [0.25, 0.3) is 16.9 Å². The number of carbonyl (C=O) groups is 1. The largest absolute Gasteiger partial charge is 0.346 e. The minimum absolute atomic E-state index is 0.226. The fourth-order valence-electron chi connectivity index (χ4n) is 2.85. The van der Waals surface area contributed by atoms with E-state index in [1.54, 1.807) is 35.3 Å². The number of aromatic nitrogens is 4. The van der Waals surface area contributed by atoms with Gasteiger partial charge < -0.3 is 5.32 Å². The third-order valence-corrected chi connectivity index (χ3v) is 4.40. The van der Waals surface area contributed by atoms with Gasteiger partial charge in [0.15, 0.2) is 5.69 Å². The lowest BCUT2D eigenvalue weighted by Gasteiger charge is -2.09. The number of carbonyl (C=O) groups excluding carboxylic acids is 1. The summed E-state index contributed by atoms with van der Waals surface area (Å²) in [5.74, 6) is -0.309. The van der Waals surface area contributed by atoms with E-state index in [1.165, 1.54) is 0 Å². The van der Waals surface area contributed by atoms with Crippen LogP contribution in [0, 0.1) is 0 Å². The average molecular weight is 390 g/mol. The molecule has 2 aromatic heterocycles. The zero-order valence-corrected chi connectivity index (χ0v) is 15.5. The molecule has 1 amide bonds. The molecule has 2 heterocycles. The van der Waals surface area contributed by atoms with Crippen molar-refractivity contribution in [3.05, 3.63) is 95.4 Å². The number of nitrogens with one attached hydrogen (secondary N) is 1. The topological polar surface area (TPSA) is 72.7 Å². The van der Waals surface area contributed by atoms with E-state index < -0.39 is 0 Å². The first-order valence-electron chi connectivity index (χ1n) is 8.66. The smallest absolute Gasteiger partial charge is 0.274 e. The van der Waals surface area contributed by atoms with Crippen molar-refractivity contribution < 1.29 is 4.79 Å². The Bertz CT molecular complexity index is 1100. The van der Waals surface area contributed by atoms with E-state index in [9.17, 15) is 4.79 Å². The molecule has 0 saturated carbocycles. The minimum atomic E-state index is -0.309. The lowest BCUT2D eigenvalue weighted by Crippen LogP contribution is -2.24. The maximum absolute atomic E-state index is 12.9. The van der Waals surface area contributed by atoms with Crippen molar-refractivity contribution in [1.82, 2.24) is 25.3 Å². The molecule has 2 aromatic carbocycles. The van der Waals surface area contributed by atoms with E-state index in [0.717, 1.165) is 11.1 Å². The fraction of sp³-hybridized carbons (Fsp3) is 0.0476. The molecule has 0 aliphatic heterocycles. The van der Waals surface area contributed by atoms with Crippen molar-refractivity contribution in [1.29, 1.82) is 0 Å². The molecule has 0 unspecified atom stereocenters. The maximum atomic E-state index is 12.9. The second-order valence-electron chi connectivity index (χ2n) is 6.09. The van der Waals surface area contributed by atoms with Gasteiger partial charge in [0.25, 0.3) is 5.91 Å². The second kappa shape index (κ2) is 8.02. The SMILES string of the molecule is O=C(NCc1ccccc1)c1nnn(-c2cccc(Cl)c2)c1-c1cccnc1. The van der Waals surface area contributed by atoms with Gasteiger partial charge in [-0.3, -0.25) is 9.78 Å². The lowest BCUT2D eigenvalue weighted by molar-refractivity contribution is 0.0946. The van der Waals surface area contributed by atoms with Crippen LogP contribution in [0.5, 0.6) is 0 Å². The first-order chi connectivity index (χ1) is 13.7. The molecule has 0 aliphatic carbocycles. The first kappa shape index (κ1) is 17.9. The van der Waals surface area contributed by atoms with E-state index in [4.69, 9.17) is 11.6 Å². The summed E-state index contributed by atoms with van der Waals surface area (Å²) in [6.45, 7) is 0.399. The quantitative estimate of drug-likeness (QED) is 0.561. The molecule has 0 saturated heterocycles. The van der Waals surface area contributed by atoms with Crippen molar-refractivity contribution in [2.24, 2.45) is 0 Å². The molecule has 6 nitrogen and oxygen atoms in total. The molecule has 0 atom stereocenters. The highest BCUT2D eigenvalue weighted by Gasteiger charge is 2.22. The molecule has 1 N–H and O–H groups in total. The third-order valence-electron chi connectivity index (χ3n) is 4.17. The number of amides is 1. The second-order valence-corrected chi connectivity index (χ2v) is 6.52. The molecule has 0 radical (unpaired) electrons. The Kier molecular flexibility index (Phi) is 5.12. The summed E-state index contributed by atoms with van der Waals surface area (Å²) in [5.41, 5.74) is 3.23. The number of benzene rings is 2. The lowest BCUT2D eigenvalue weighted by atomic mass is 10.1. The van der Waals surface area contributed by atoms with E-state index >= 15 is 0 Å². The fourth-order valence-corrected chi connectivity index (χ4v) is 3.03. The molecule has 4 rings (SSSR count). The van der Waals surface area contributed by atoms with Crippen LogP contribution in [-0.2, 0) is 6.54 Å². The highest BCUT2D eigenvalue weighted by atomic mass is 35.5. The van der Waals surface area contributed by atoms with Gasteiger partial charge in [-0.15, -0.1) is 5.10 Å². The van der Waals surface area contributed by atoms with Crippen LogP contribution < -0.4 is 5.32 Å². The van der Waals surface area contributed by atoms with Gasteiger partial charge in [-0.1, -0.05) is 53.2 Å². The molecule has 28 heavy (non-hydrogen) atoms. The molecule has 0 bridgehead atoms. The van der Waals surface area contributed by atoms with E-state index in [-0.39, 0.29) is 11.6 Å². The number of rotatable bonds is 5. The predicted molar refractivity (Wildman–Crippen MR) is 107 cm³/mol. The summed E-state index contributed by atoms with van der Waals surface area (Å²) in [4.78, 5) is 17.0. The Hall–Kier alpha value is -3.51. The first-order valence-corrected chi connectivity index (χ1v) is 9.04. The highest BCUT2D eigenvalue weighted by molar-refractivity contribution is 6.30. The molecule has 4 aromatic rings. The van der Waals surface area contributed by atoms with Gasteiger partial charge in [-0.25, -0.2) is 4.68 Å². The van der Waals surface area contributed by atoms with E-state index in [2.05, 4.69) is 20.6 Å². The average Bonchev–Trinajstić information content (AvgIpc) is 3.19. The van der Waals surface area contributed by atoms with Gasteiger partial charge in [0.1, 0.15) is 5.69 Å². The molecule has 7 heteroatoms. The third kappa shape index (κ3) is 3.77. The summed E-state index contributed by atoms with van der Waals surface area (Å²) in [7, 11) is 0. The van der Waals surface area contributed by atoms with Gasteiger partial charge in [0.05, 0.1) is 5.69 Å². The minimum Gasteiger partial charge on any atom is -0.346 e. The Labute approximate surface area is 166 Å². The summed E-state index contributed by atoms with van der Waals surface area (Å²) in [6, 6.07) is 20.6. The summed E-state index contributed by atoms with van der Waals surface area (Å²) < 4.78 is 1.60. The van der Waals surface area contributed by atoms with Crippen molar-refractivity contribution in [3.8, 4) is 16.9 Å². The van der Waals surface area contributed by atoms with Crippen LogP contribution in [0.1, 0.15) is 16.1 Å². The van der Waals surface area contributed by atoms with Gasteiger partial charge in [0.2, 0.25) is 0 Å². The number of hydrogen-bond donors (Lipinski definition) is 1. The van der Waals surface area contributed by atoms with Crippen molar-refractivity contribution in [3.63, 3.8) is 0 Å².